The third-order valence-corrected chi connectivity index (χ3v) is 11.2. The normalized spacial score (nSPS) is 12.0. The maximum absolute atomic E-state index is 15.0. The van der Waals surface area contributed by atoms with Gasteiger partial charge in [0.2, 0.25) is 0 Å². The van der Waals surface area contributed by atoms with Gasteiger partial charge in [-0.3, -0.25) is 0 Å². The molecule has 0 saturated carbocycles. The van der Waals surface area contributed by atoms with Crippen molar-refractivity contribution in [3.05, 3.63) is 152 Å². The van der Waals surface area contributed by atoms with Crippen LogP contribution < -0.4 is 15.9 Å². The van der Waals surface area contributed by atoms with Crippen LogP contribution in [0.15, 0.2) is 156 Å². The summed E-state index contributed by atoms with van der Waals surface area (Å²) in [6.45, 7) is 0. The minimum atomic E-state index is -3.09. The molecule has 0 bridgehead atoms. The maximum atomic E-state index is 15.0. The van der Waals surface area contributed by atoms with Crippen molar-refractivity contribution >= 4 is 66.5 Å². The molecule has 2 nitrogen and oxygen atoms in total. The molecule has 1 aromatic heterocycles. The zero-order valence-corrected chi connectivity index (χ0v) is 23.1. The smallest absolute Gasteiger partial charge is 0.171 e. The number of fused-ring (bicyclic) bond motifs is 5. The van der Waals surface area contributed by atoms with Gasteiger partial charge in [0.25, 0.3) is 0 Å². The lowest BCUT2D eigenvalue weighted by Gasteiger charge is -2.20. The number of furan rings is 1. The van der Waals surface area contributed by atoms with E-state index >= 15 is 0 Å². The minimum absolute atomic E-state index is 0.790. The van der Waals surface area contributed by atoms with E-state index in [1.165, 1.54) is 21.5 Å². The van der Waals surface area contributed by atoms with Crippen molar-refractivity contribution < 1.29 is 8.98 Å². The summed E-state index contributed by atoms with van der Waals surface area (Å²) in [5.41, 5.74) is 3.88. The SMILES string of the molecule is O=P(c1ccccc1)(c1ccccc1)c1ccc2oc3ccc(-c4ccc5cc6ccccc6cc5c4)cc3c2c1. The molecule has 0 spiro atoms. The van der Waals surface area contributed by atoms with Gasteiger partial charge in [-0.15, -0.1) is 0 Å². The van der Waals surface area contributed by atoms with Crippen LogP contribution in [-0.4, -0.2) is 0 Å². The first kappa shape index (κ1) is 23.9. The van der Waals surface area contributed by atoms with Crippen molar-refractivity contribution in [1.29, 1.82) is 0 Å². The van der Waals surface area contributed by atoms with Crippen LogP contribution in [0.4, 0.5) is 0 Å². The first-order chi connectivity index (χ1) is 20.2. The van der Waals surface area contributed by atoms with Gasteiger partial charge in [-0.2, -0.15) is 0 Å². The standard InChI is InChI=1S/C38H25O2P/c39-41(32-11-3-1-4-12-32,33-13-5-2-6-14-33)34-18-20-38-36(25-34)35-24-30(17-19-37(35)40-38)28-15-16-29-21-26-9-7-8-10-27(26)22-31(29)23-28/h1-25H. The van der Waals surface area contributed by atoms with Crippen LogP contribution in [0.5, 0.6) is 0 Å². The summed E-state index contributed by atoms with van der Waals surface area (Å²) >= 11 is 0. The highest BCUT2D eigenvalue weighted by Gasteiger charge is 2.30. The van der Waals surface area contributed by atoms with Gasteiger partial charge in [0, 0.05) is 26.7 Å². The Morgan fingerprint density at radius 3 is 1.59 bits per heavy atom. The number of benzene rings is 7. The Bertz CT molecular complexity index is 2240. The quantitative estimate of drug-likeness (QED) is 0.163. The predicted molar refractivity (Wildman–Crippen MR) is 174 cm³/mol. The summed E-state index contributed by atoms with van der Waals surface area (Å²) < 4.78 is 21.2. The topological polar surface area (TPSA) is 30.2 Å². The lowest BCUT2D eigenvalue weighted by Crippen LogP contribution is -2.24. The fraction of sp³-hybridized carbons (Fsp3) is 0. The molecule has 1 heterocycles. The molecule has 0 radical (unpaired) electrons. The van der Waals surface area contributed by atoms with Crippen LogP contribution in [0.2, 0.25) is 0 Å². The van der Waals surface area contributed by atoms with Crippen molar-refractivity contribution in [2.24, 2.45) is 0 Å². The molecule has 0 atom stereocenters. The Morgan fingerprint density at radius 2 is 0.902 bits per heavy atom. The number of hydrogen-bond acceptors (Lipinski definition) is 2. The van der Waals surface area contributed by atoms with Crippen molar-refractivity contribution in [2.75, 3.05) is 0 Å². The molecular formula is C38H25O2P. The summed E-state index contributed by atoms with van der Waals surface area (Å²) in [4.78, 5) is 0. The van der Waals surface area contributed by atoms with E-state index in [0.717, 1.165) is 49.0 Å². The number of rotatable bonds is 4. The Balaban J connectivity index is 1.30. The molecule has 0 fully saturated rings. The van der Waals surface area contributed by atoms with Gasteiger partial charge in [0.15, 0.2) is 7.14 Å². The largest absolute Gasteiger partial charge is 0.456 e. The predicted octanol–water partition coefficient (Wildman–Crippen LogP) is 9.20. The van der Waals surface area contributed by atoms with Crippen molar-refractivity contribution in [1.82, 2.24) is 0 Å². The van der Waals surface area contributed by atoms with Crippen LogP contribution >= 0.6 is 7.14 Å². The van der Waals surface area contributed by atoms with E-state index in [1.54, 1.807) is 0 Å². The highest BCUT2D eigenvalue weighted by atomic mass is 31.2. The number of hydrogen-bond donors (Lipinski definition) is 0. The summed E-state index contributed by atoms with van der Waals surface area (Å²) in [5, 5.41) is 9.36. The second-order valence-electron chi connectivity index (χ2n) is 10.5. The lowest BCUT2D eigenvalue weighted by atomic mass is 9.97. The van der Waals surface area contributed by atoms with Crippen molar-refractivity contribution in [3.63, 3.8) is 0 Å². The van der Waals surface area contributed by atoms with Crippen LogP contribution in [0.25, 0.3) is 54.6 Å². The van der Waals surface area contributed by atoms with Gasteiger partial charge in [0.05, 0.1) is 0 Å². The molecule has 0 aliphatic carbocycles. The van der Waals surface area contributed by atoms with E-state index in [2.05, 4.69) is 72.8 Å². The molecule has 8 aromatic rings. The molecule has 0 aliphatic heterocycles. The molecule has 7 aromatic carbocycles. The maximum Gasteiger partial charge on any atom is 0.171 e. The van der Waals surface area contributed by atoms with E-state index in [1.807, 2.05) is 78.9 Å². The summed E-state index contributed by atoms with van der Waals surface area (Å²) in [7, 11) is -3.09. The first-order valence-corrected chi connectivity index (χ1v) is 15.5. The third kappa shape index (κ3) is 3.91. The molecule has 0 aliphatic rings. The minimum Gasteiger partial charge on any atom is -0.456 e. The van der Waals surface area contributed by atoms with Crippen molar-refractivity contribution in [2.45, 2.75) is 0 Å². The highest BCUT2D eigenvalue weighted by Crippen LogP contribution is 2.44. The lowest BCUT2D eigenvalue weighted by molar-refractivity contribution is 0.592. The Labute approximate surface area is 237 Å². The Morgan fingerprint density at radius 1 is 0.390 bits per heavy atom. The second kappa shape index (κ2) is 9.34. The van der Waals surface area contributed by atoms with E-state index in [-0.39, 0.29) is 0 Å². The highest BCUT2D eigenvalue weighted by molar-refractivity contribution is 7.85. The van der Waals surface area contributed by atoms with E-state index in [4.69, 9.17) is 4.42 Å². The molecular weight excluding hydrogens is 519 g/mol. The zero-order chi connectivity index (χ0) is 27.4. The van der Waals surface area contributed by atoms with Gasteiger partial charge in [-0.05, 0) is 81.2 Å². The molecule has 0 saturated heterocycles. The van der Waals surface area contributed by atoms with Crippen LogP contribution in [0.1, 0.15) is 0 Å². The van der Waals surface area contributed by atoms with Crippen molar-refractivity contribution in [3.8, 4) is 11.1 Å². The summed E-state index contributed by atoms with van der Waals surface area (Å²) in [5.74, 6) is 0. The second-order valence-corrected chi connectivity index (χ2v) is 13.3. The third-order valence-electron chi connectivity index (χ3n) is 8.09. The monoisotopic (exact) mass is 544 g/mol. The fourth-order valence-corrected chi connectivity index (χ4v) is 8.66. The molecule has 194 valence electrons. The van der Waals surface area contributed by atoms with Gasteiger partial charge >= 0.3 is 0 Å². The van der Waals surface area contributed by atoms with Gasteiger partial charge in [0.1, 0.15) is 11.2 Å². The average Bonchev–Trinajstić information content (AvgIpc) is 3.41. The average molecular weight is 545 g/mol. The first-order valence-electron chi connectivity index (χ1n) is 13.8. The van der Waals surface area contributed by atoms with E-state index in [0.29, 0.717) is 0 Å². The summed E-state index contributed by atoms with van der Waals surface area (Å²) in [6, 6.07) is 51.6. The Kier molecular flexibility index (Phi) is 5.45. The van der Waals surface area contributed by atoms with Gasteiger partial charge in [-0.25, -0.2) is 0 Å². The summed E-state index contributed by atoms with van der Waals surface area (Å²) in [6.07, 6.45) is 0. The van der Waals surface area contributed by atoms with Crippen LogP contribution in [0, 0.1) is 0 Å². The zero-order valence-electron chi connectivity index (χ0n) is 22.2. The van der Waals surface area contributed by atoms with Crippen LogP contribution in [-0.2, 0) is 4.57 Å². The van der Waals surface area contributed by atoms with E-state index in [9.17, 15) is 4.57 Å². The fourth-order valence-electron chi connectivity index (χ4n) is 5.98. The van der Waals surface area contributed by atoms with Gasteiger partial charge in [-0.1, -0.05) is 103 Å². The molecule has 3 heteroatoms. The van der Waals surface area contributed by atoms with Gasteiger partial charge < -0.3 is 8.98 Å². The van der Waals surface area contributed by atoms with E-state index < -0.39 is 7.14 Å². The molecule has 0 N–H and O–H groups in total. The Hall–Kier alpha value is -4.91. The molecule has 0 unspecified atom stereocenters. The molecule has 8 rings (SSSR count). The molecule has 41 heavy (non-hydrogen) atoms. The van der Waals surface area contributed by atoms with Crippen LogP contribution in [0.3, 0.4) is 0 Å². The molecule has 0 amide bonds.